The maximum absolute atomic E-state index is 10.5. The molecule has 1 aliphatic rings. The molecular weight excluding hydrogens is 180 g/mol. The molecule has 2 rings (SSSR count). The maximum Gasteiger partial charge on any atom is 0.307 e. The predicted molar refractivity (Wildman–Crippen MR) is 52.0 cm³/mol. The van der Waals surface area contributed by atoms with E-state index in [1.165, 1.54) is 0 Å². The molecule has 0 aliphatic heterocycles. The fourth-order valence-electron chi connectivity index (χ4n) is 1.71. The molecule has 0 aromatic heterocycles. The number of aromatic hydroxyl groups is 1. The van der Waals surface area contributed by atoms with Crippen molar-refractivity contribution in [1.82, 2.24) is 0 Å². The van der Waals surface area contributed by atoms with Crippen molar-refractivity contribution in [1.29, 1.82) is 0 Å². The van der Waals surface area contributed by atoms with Gasteiger partial charge in [0, 0.05) is 0 Å². The number of carbonyl (C=O) groups is 1. The van der Waals surface area contributed by atoms with Crippen molar-refractivity contribution in [3.63, 3.8) is 0 Å². The van der Waals surface area contributed by atoms with Gasteiger partial charge < -0.3 is 10.2 Å². The van der Waals surface area contributed by atoms with E-state index < -0.39 is 5.97 Å². The number of phenols is 1. The predicted octanol–water partition coefficient (Wildman–Crippen LogP) is 1.81. The van der Waals surface area contributed by atoms with Crippen molar-refractivity contribution in [3.05, 3.63) is 35.4 Å². The molecule has 0 bridgehead atoms. The lowest BCUT2D eigenvalue weighted by Crippen LogP contribution is -1.95. The van der Waals surface area contributed by atoms with E-state index in [1.54, 1.807) is 12.1 Å². The van der Waals surface area contributed by atoms with E-state index in [1.807, 2.05) is 12.1 Å². The van der Waals surface area contributed by atoms with Gasteiger partial charge in [-0.25, -0.2) is 0 Å². The number of carboxylic acids is 1. The molecule has 0 saturated carbocycles. The van der Waals surface area contributed by atoms with Crippen LogP contribution in [-0.4, -0.2) is 16.2 Å². The molecule has 14 heavy (non-hydrogen) atoms. The summed E-state index contributed by atoms with van der Waals surface area (Å²) in [6.45, 7) is 0. The quantitative estimate of drug-likeness (QED) is 0.747. The number of benzene rings is 1. The number of aliphatic carboxylic acids is 1. The normalized spacial score (nSPS) is 13.6. The average molecular weight is 190 g/mol. The summed E-state index contributed by atoms with van der Waals surface area (Å²) in [5, 5.41) is 17.9. The zero-order chi connectivity index (χ0) is 10.1. The fraction of sp³-hybridized carbons (Fsp3) is 0.182. The Bertz CT molecular complexity index is 419. The van der Waals surface area contributed by atoms with Crippen LogP contribution in [0, 0.1) is 0 Å². The molecule has 3 heteroatoms. The molecule has 0 spiro atoms. The Morgan fingerprint density at radius 2 is 2.21 bits per heavy atom. The van der Waals surface area contributed by atoms with Gasteiger partial charge in [-0.15, -0.1) is 0 Å². The lowest BCUT2D eigenvalue weighted by molar-refractivity contribution is -0.135. The van der Waals surface area contributed by atoms with E-state index in [4.69, 9.17) is 5.11 Å². The molecule has 0 heterocycles. The van der Waals surface area contributed by atoms with Crippen LogP contribution in [0.4, 0.5) is 0 Å². The molecule has 2 N–H and O–H groups in total. The van der Waals surface area contributed by atoms with E-state index in [0.29, 0.717) is 0 Å². The van der Waals surface area contributed by atoms with Gasteiger partial charge in [0.15, 0.2) is 0 Å². The molecule has 0 unspecified atom stereocenters. The number of phenolic OH excluding ortho intramolecular Hbond substituents is 1. The van der Waals surface area contributed by atoms with Crippen LogP contribution in [0.3, 0.4) is 0 Å². The Morgan fingerprint density at radius 3 is 2.93 bits per heavy atom. The van der Waals surface area contributed by atoms with Crippen LogP contribution in [0.5, 0.6) is 5.75 Å². The molecule has 3 nitrogen and oxygen atoms in total. The van der Waals surface area contributed by atoms with Crippen LogP contribution in [0.15, 0.2) is 24.3 Å². The summed E-state index contributed by atoms with van der Waals surface area (Å²) in [7, 11) is 0. The van der Waals surface area contributed by atoms with Gasteiger partial charge in [-0.1, -0.05) is 12.1 Å². The molecular formula is C11H10O3. The Labute approximate surface area is 81.3 Å². The topological polar surface area (TPSA) is 57.5 Å². The summed E-state index contributed by atoms with van der Waals surface area (Å²) >= 11 is 0. The Morgan fingerprint density at radius 1 is 1.43 bits per heavy atom. The zero-order valence-electron chi connectivity index (χ0n) is 7.53. The first-order valence-corrected chi connectivity index (χ1v) is 4.40. The molecule has 72 valence electrons. The van der Waals surface area contributed by atoms with Crippen LogP contribution in [0.2, 0.25) is 0 Å². The molecule has 1 aliphatic carbocycles. The second-order valence-electron chi connectivity index (χ2n) is 3.35. The van der Waals surface area contributed by atoms with Crippen LogP contribution in [-0.2, 0) is 11.2 Å². The summed E-state index contributed by atoms with van der Waals surface area (Å²) in [5.41, 5.74) is 2.75. The smallest absolute Gasteiger partial charge is 0.307 e. The number of hydrogen-bond acceptors (Lipinski definition) is 2. The zero-order valence-corrected chi connectivity index (χ0v) is 7.53. The molecule has 0 amide bonds. The molecule has 0 atom stereocenters. The summed E-state index contributed by atoms with van der Waals surface area (Å²) in [6.07, 6.45) is 2.69. The number of hydrogen-bond donors (Lipinski definition) is 2. The third-order valence-corrected chi connectivity index (χ3v) is 2.35. The summed E-state index contributed by atoms with van der Waals surface area (Å²) in [4.78, 5) is 10.5. The first kappa shape index (κ1) is 8.81. The minimum absolute atomic E-state index is 0.0243. The number of carboxylic acid groups (broad SMARTS) is 1. The highest BCUT2D eigenvalue weighted by atomic mass is 16.4. The fourth-order valence-corrected chi connectivity index (χ4v) is 1.71. The van der Waals surface area contributed by atoms with Gasteiger partial charge in [0.2, 0.25) is 0 Å². The highest BCUT2D eigenvalue weighted by molar-refractivity contribution is 5.87. The second-order valence-corrected chi connectivity index (χ2v) is 3.35. The standard InChI is InChI=1S/C11H10O3/c12-9-4-3-7-1-2-8(5-11(13)14)10(7)6-9/h2-4,6,12H,1,5H2,(H,13,14). The number of rotatable bonds is 2. The lowest BCUT2D eigenvalue weighted by atomic mass is 10.0. The Balaban J connectivity index is 2.35. The van der Waals surface area contributed by atoms with Gasteiger partial charge >= 0.3 is 5.97 Å². The number of fused-ring (bicyclic) bond motifs is 1. The van der Waals surface area contributed by atoms with Crippen molar-refractivity contribution < 1.29 is 15.0 Å². The minimum Gasteiger partial charge on any atom is -0.508 e. The average Bonchev–Trinajstić information content (AvgIpc) is 2.47. The first-order valence-electron chi connectivity index (χ1n) is 4.40. The maximum atomic E-state index is 10.5. The molecule has 1 aromatic rings. The van der Waals surface area contributed by atoms with E-state index in [-0.39, 0.29) is 12.2 Å². The monoisotopic (exact) mass is 190 g/mol. The molecule has 1 aromatic carbocycles. The van der Waals surface area contributed by atoms with Gasteiger partial charge in [0.25, 0.3) is 0 Å². The van der Waals surface area contributed by atoms with Crippen LogP contribution in [0.25, 0.3) is 5.57 Å². The van der Waals surface area contributed by atoms with Gasteiger partial charge in [-0.3, -0.25) is 4.79 Å². The van der Waals surface area contributed by atoms with Crippen molar-refractivity contribution in [2.24, 2.45) is 0 Å². The van der Waals surface area contributed by atoms with Crippen molar-refractivity contribution in [3.8, 4) is 5.75 Å². The lowest BCUT2D eigenvalue weighted by Gasteiger charge is -2.03. The van der Waals surface area contributed by atoms with Crippen LogP contribution >= 0.6 is 0 Å². The summed E-state index contributed by atoms with van der Waals surface area (Å²) in [5.74, 6) is -0.658. The molecule has 0 fully saturated rings. The third-order valence-electron chi connectivity index (χ3n) is 2.35. The molecule has 0 saturated heterocycles. The number of allylic oxidation sites excluding steroid dienone is 1. The summed E-state index contributed by atoms with van der Waals surface area (Å²) < 4.78 is 0. The van der Waals surface area contributed by atoms with E-state index in [0.717, 1.165) is 23.1 Å². The van der Waals surface area contributed by atoms with Gasteiger partial charge in [0.05, 0.1) is 6.42 Å². The minimum atomic E-state index is -0.840. The Kier molecular flexibility index (Phi) is 2.00. The van der Waals surface area contributed by atoms with Gasteiger partial charge in [0.1, 0.15) is 5.75 Å². The van der Waals surface area contributed by atoms with E-state index in [9.17, 15) is 9.90 Å². The van der Waals surface area contributed by atoms with Crippen LogP contribution < -0.4 is 0 Å². The van der Waals surface area contributed by atoms with Gasteiger partial charge in [-0.05, 0) is 35.3 Å². The SMILES string of the molecule is O=C(O)CC1=CCc2ccc(O)cc21. The Hall–Kier alpha value is -1.77. The van der Waals surface area contributed by atoms with E-state index >= 15 is 0 Å². The highest BCUT2D eigenvalue weighted by Gasteiger charge is 2.16. The van der Waals surface area contributed by atoms with Crippen molar-refractivity contribution in [2.75, 3.05) is 0 Å². The van der Waals surface area contributed by atoms with Crippen LogP contribution in [0.1, 0.15) is 17.5 Å². The summed E-state index contributed by atoms with van der Waals surface area (Å²) in [6, 6.07) is 5.07. The first-order chi connectivity index (χ1) is 6.66. The van der Waals surface area contributed by atoms with E-state index in [2.05, 4.69) is 0 Å². The third kappa shape index (κ3) is 1.48. The molecule has 0 radical (unpaired) electrons. The van der Waals surface area contributed by atoms with Crippen molar-refractivity contribution >= 4 is 11.5 Å². The van der Waals surface area contributed by atoms with Gasteiger partial charge in [-0.2, -0.15) is 0 Å². The highest BCUT2D eigenvalue weighted by Crippen LogP contribution is 2.32. The largest absolute Gasteiger partial charge is 0.508 e. The van der Waals surface area contributed by atoms with Crippen molar-refractivity contribution in [2.45, 2.75) is 12.8 Å². The second kappa shape index (κ2) is 3.18.